The Morgan fingerprint density at radius 2 is 2.19 bits per heavy atom. The van der Waals surface area contributed by atoms with Gasteiger partial charge in [-0.05, 0) is 30.7 Å². The van der Waals surface area contributed by atoms with Crippen LogP contribution in [0.3, 0.4) is 0 Å². The van der Waals surface area contributed by atoms with Gasteiger partial charge in [-0.25, -0.2) is 0 Å². The zero-order valence-electron chi connectivity index (χ0n) is 12.0. The zero-order chi connectivity index (χ0) is 14.8. The van der Waals surface area contributed by atoms with E-state index >= 15 is 0 Å². The summed E-state index contributed by atoms with van der Waals surface area (Å²) >= 11 is 0. The fourth-order valence-electron chi connectivity index (χ4n) is 1.91. The van der Waals surface area contributed by atoms with Crippen molar-refractivity contribution in [3.8, 4) is 0 Å². The summed E-state index contributed by atoms with van der Waals surface area (Å²) in [6, 6.07) is 5.82. The largest absolute Gasteiger partial charge is 0.356 e. The fraction of sp³-hybridized carbons (Fsp3) is 0.400. The molecule has 2 N–H and O–H groups in total. The molecule has 2 heterocycles. The van der Waals surface area contributed by atoms with Crippen LogP contribution in [0, 0.1) is 0 Å². The van der Waals surface area contributed by atoms with Gasteiger partial charge in [-0.1, -0.05) is 6.07 Å². The maximum absolute atomic E-state index is 11.6. The maximum atomic E-state index is 11.6. The third kappa shape index (κ3) is 6.18. The van der Waals surface area contributed by atoms with Gasteiger partial charge >= 0.3 is 0 Å². The standard InChI is InChI=1S/C15H21N5O/c21-15(5-11-20-10-3-9-19-20)18-8-2-7-17-13-14-4-1-6-16-12-14/h1,3-4,6,9-10,12,17H,2,5,7-8,11,13H2,(H,18,21). The zero-order valence-corrected chi connectivity index (χ0v) is 12.0. The topological polar surface area (TPSA) is 71.8 Å². The number of aryl methyl sites for hydroxylation is 1. The van der Waals surface area contributed by atoms with Gasteiger partial charge in [0.05, 0.1) is 0 Å². The lowest BCUT2D eigenvalue weighted by Crippen LogP contribution is -2.28. The lowest BCUT2D eigenvalue weighted by molar-refractivity contribution is -0.121. The molecule has 2 aromatic rings. The van der Waals surface area contributed by atoms with Gasteiger partial charge in [-0.15, -0.1) is 0 Å². The van der Waals surface area contributed by atoms with Crippen molar-refractivity contribution < 1.29 is 4.79 Å². The molecular formula is C15H21N5O. The first-order chi connectivity index (χ1) is 10.3. The fourth-order valence-corrected chi connectivity index (χ4v) is 1.91. The van der Waals surface area contributed by atoms with Gasteiger partial charge in [0, 0.05) is 50.8 Å². The molecule has 6 heteroatoms. The number of amides is 1. The Balaban J connectivity index is 1.47. The Bertz CT molecular complexity index is 512. The van der Waals surface area contributed by atoms with E-state index in [4.69, 9.17) is 0 Å². The van der Waals surface area contributed by atoms with Crippen LogP contribution in [0.1, 0.15) is 18.4 Å². The second-order valence-electron chi connectivity index (χ2n) is 4.76. The van der Waals surface area contributed by atoms with Crippen LogP contribution in [0.2, 0.25) is 0 Å². The van der Waals surface area contributed by atoms with Crippen molar-refractivity contribution >= 4 is 5.91 Å². The second kappa shape index (κ2) is 8.86. The van der Waals surface area contributed by atoms with Crippen LogP contribution in [-0.2, 0) is 17.9 Å². The highest BCUT2D eigenvalue weighted by molar-refractivity contribution is 5.75. The minimum atomic E-state index is 0.0674. The van der Waals surface area contributed by atoms with Gasteiger partial charge in [0.1, 0.15) is 0 Å². The van der Waals surface area contributed by atoms with Crippen molar-refractivity contribution in [1.29, 1.82) is 0 Å². The molecule has 0 aromatic carbocycles. The van der Waals surface area contributed by atoms with Crippen molar-refractivity contribution in [1.82, 2.24) is 25.4 Å². The van der Waals surface area contributed by atoms with Crippen LogP contribution in [-0.4, -0.2) is 33.8 Å². The van der Waals surface area contributed by atoms with E-state index in [-0.39, 0.29) is 5.91 Å². The smallest absolute Gasteiger partial charge is 0.221 e. The summed E-state index contributed by atoms with van der Waals surface area (Å²) in [6.45, 7) is 2.99. The summed E-state index contributed by atoms with van der Waals surface area (Å²) in [7, 11) is 0. The molecule has 2 aromatic heterocycles. The van der Waals surface area contributed by atoms with Crippen molar-refractivity contribution in [2.75, 3.05) is 13.1 Å². The first-order valence-corrected chi connectivity index (χ1v) is 7.18. The maximum Gasteiger partial charge on any atom is 0.221 e. The lowest BCUT2D eigenvalue weighted by Gasteiger charge is -2.07. The number of hydrogen-bond donors (Lipinski definition) is 2. The monoisotopic (exact) mass is 287 g/mol. The number of carbonyl (C=O) groups excluding carboxylic acids is 1. The SMILES string of the molecule is O=C(CCn1cccn1)NCCCNCc1cccnc1. The molecule has 0 saturated carbocycles. The van der Waals surface area contributed by atoms with E-state index in [2.05, 4.69) is 20.7 Å². The second-order valence-corrected chi connectivity index (χ2v) is 4.76. The average Bonchev–Trinajstić information content (AvgIpc) is 3.03. The minimum Gasteiger partial charge on any atom is -0.356 e. The first kappa shape index (κ1) is 15.2. The summed E-state index contributed by atoms with van der Waals surface area (Å²) in [5, 5.41) is 10.3. The summed E-state index contributed by atoms with van der Waals surface area (Å²) < 4.78 is 1.76. The van der Waals surface area contributed by atoms with E-state index in [9.17, 15) is 4.79 Å². The predicted octanol–water partition coefficient (Wildman–Crippen LogP) is 0.964. The number of aromatic nitrogens is 3. The van der Waals surface area contributed by atoms with Crippen LogP contribution in [0.15, 0.2) is 43.0 Å². The van der Waals surface area contributed by atoms with Crippen molar-refractivity contribution in [2.24, 2.45) is 0 Å². The van der Waals surface area contributed by atoms with Crippen molar-refractivity contribution in [3.05, 3.63) is 48.5 Å². The molecule has 0 radical (unpaired) electrons. The number of rotatable bonds is 9. The van der Waals surface area contributed by atoms with Gasteiger partial charge in [0.25, 0.3) is 0 Å². The molecule has 112 valence electrons. The van der Waals surface area contributed by atoms with Crippen LogP contribution in [0.25, 0.3) is 0 Å². The van der Waals surface area contributed by atoms with Gasteiger partial charge in [-0.2, -0.15) is 5.10 Å². The average molecular weight is 287 g/mol. The quantitative estimate of drug-likeness (QED) is 0.674. The normalized spacial score (nSPS) is 10.5. The lowest BCUT2D eigenvalue weighted by atomic mass is 10.3. The number of nitrogens with one attached hydrogen (secondary N) is 2. The Morgan fingerprint density at radius 3 is 2.95 bits per heavy atom. The number of pyridine rings is 1. The van der Waals surface area contributed by atoms with E-state index in [0.717, 1.165) is 19.5 Å². The van der Waals surface area contributed by atoms with Gasteiger partial charge < -0.3 is 10.6 Å². The summed E-state index contributed by atoms with van der Waals surface area (Å²) in [6.07, 6.45) is 8.56. The Kier molecular flexibility index (Phi) is 6.41. The Labute approximate surface area is 124 Å². The molecule has 0 aliphatic heterocycles. The highest BCUT2D eigenvalue weighted by Crippen LogP contribution is 1.94. The molecular weight excluding hydrogens is 266 g/mol. The van der Waals surface area contributed by atoms with E-state index in [1.807, 2.05) is 30.6 Å². The Hall–Kier alpha value is -2.21. The molecule has 0 saturated heterocycles. The van der Waals surface area contributed by atoms with E-state index < -0.39 is 0 Å². The molecule has 0 atom stereocenters. The molecule has 21 heavy (non-hydrogen) atoms. The van der Waals surface area contributed by atoms with Crippen LogP contribution >= 0.6 is 0 Å². The van der Waals surface area contributed by atoms with Crippen molar-refractivity contribution in [2.45, 2.75) is 25.9 Å². The van der Waals surface area contributed by atoms with Crippen LogP contribution < -0.4 is 10.6 Å². The van der Waals surface area contributed by atoms with Gasteiger partial charge in [0.15, 0.2) is 0 Å². The van der Waals surface area contributed by atoms with Gasteiger partial charge in [-0.3, -0.25) is 14.5 Å². The number of carbonyl (C=O) groups is 1. The van der Waals surface area contributed by atoms with E-state index in [0.29, 0.717) is 19.5 Å². The third-order valence-corrected chi connectivity index (χ3v) is 3.03. The summed E-state index contributed by atoms with van der Waals surface area (Å²) in [5.74, 6) is 0.0674. The predicted molar refractivity (Wildman–Crippen MR) is 80.4 cm³/mol. The van der Waals surface area contributed by atoms with E-state index in [1.165, 1.54) is 5.56 Å². The summed E-state index contributed by atoms with van der Waals surface area (Å²) in [5.41, 5.74) is 1.17. The van der Waals surface area contributed by atoms with Crippen LogP contribution in [0.4, 0.5) is 0 Å². The van der Waals surface area contributed by atoms with Crippen molar-refractivity contribution in [3.63, 3.8) is 0 Å². The number of nitrogens with zero attached hydrogens (tertiary/aromatic N) is 3. The molecule has 0 bridgehead atoms. The molecule has 0 aliphatic carbocycles. The minimum absolute atomic E-state index is 0.0674. The number of hydrogen-bond acceptors (Lipinski definition) is 4. The molecule has 2 rings (SSSR count). The summed E-state index contributed by atoms with van der Waals surface area (Å²) in [4.78, 5) is 15.7. The van der Waals surface area contributed by atoms with Crippen LogP contribution in [0.5, 0.6) is 0 Å². The molecule has 0 spiro atoms. The molecule has 0 fully saturated rings. The van der Waals surface area contributed by atoms with Gasteiger partial charge in [0.2, 0.25) is 5.91 Å². The highest BCUT2D eigenvalue weighted by atomic mass is 16.1. The Morgan fingerprint density at radius 1 is 1.24 bits per heavy atom. The van der Waals surface area contributed by atoms with E-state index in [1.54, 1.807) is 17.1 Å². The molecule has 6 nitrogen and oxygen atoms in total. The molecule has 0 unspecified atom stereocenters. The molecule has 0 aliphatic rings. The highest BCUT2D eigenvalue weighted by Gasteiger charge is 2.01. The molecule has 1 amide bonds. The first-order valence-electron chi connectivity index (χ1n) is 7.18. The third-order valence-electron chi connectivity index (χ3n) is 3.03.